The molecule has 0 aromatic heterocycles. The number of methoxy groups -OCH3 is 1. The molecule has 9 heteroatoms. The van der Waals surface area contributed by atoms with E-state index in [1.807, 2.05) is 0 Å². The second-order valence-electron chi connectivity index (χ2n) is 10.0. The van der Waals surface area contributed by atoms with Gasteiger partial charge >= 0.3 is 0 Å². The van der Waals surface area contributed by atoms with Crippen molar-refractivity contribution < 1.29 is 14.3 Å². The highest BCUT2D eigenvalue weighted by molar-refractivity contribution is 6.28. The van der Waals surface area contributed by atoms with Gasteiger partial charge in [-0.05, 0) is 44.1 Å². The van der Waals surface area contributed by atoms with Crippen LogP contribution < -0.4 is 22.1 Å². The van der Waals surface area contributed by atoms with Crippen molar-refractivity contribution in [2.24, 2.45) is 27.8 Å². The summed E-state index contributed by atoms with van der Waals surface area (Å²) in [5, 5.41) is 6.36. The van der Waals surface area contributed by atoms with Crippen molar-refractivity contribution in [3.8, 4) is 0 Å². The van der Waals surface area contributed by atoms with E-state index < -0.39 is 12.1 Å². The number of carbonyl (C=O) groups is 1. The standard InChI is InChI=1S/C24H46ClN5O3/c1-4-5-6-9-24(2)10-7-17(25)15-29-18(14-24)21(22(26)27)23(31)30-19-16-28-11-8-20(19)33-13-12-32-3/h15,17-22,28H,4-14,16,26-27H2,1-3H3,(H,30,31)/b29-15-/t17?,18?,19?,20?,21?,24-/m1/s1. The number of amides is 1. The van der Waals surface area contributed by atoms with E-state index in [0.717, 1.165) is 45.1 Å². The number of hydrogen-bond acceptors (Lipinski definition) is 7. The zero-order chi connectivity index (χ0) is 24.3. The molecule has 2 aliphatic rings. The summed E-state index contributed by atoms with van der Waals surface area (Å²) < 4.78 is 11.1. The molecular weight excluding hydrogens is 442 g/mol. The normalized spacial score (nSPS) is 32.7. The highest BCUT2D eigenvalue weighted by Crippen LogP contribution is 2.39. The molecule has 1 saturated heterocycles. The van der Waals surface area contributed by atoms with Gasteiger partial charge in [0.2, 0.25) is 5.91 Å². The first-order chi connectivity index (χ1) is 15.8. The molecule has 192 valence electrons. The van der Waals surface area contributed by atoms with Crippen molar-refractivity contribution in [3.05, 3.63) is 0 Å². The van der Waals surface area contributed by atoms with Crippen LogP contribution in [0, 0.1) is 11.3 Å². The number of nitrogens with one attached hydrogen (secondary N) is 2. The number of rotatable bonds is 12. The van der Waals surface area contributed by atoms with Crippen LogP contribution in [0.3, 0.4) is 0 Å². The molecule has 2 aliphatic heterocycles. The second-order valence-corrected chi connectivity index (χ2v) is 10.6. The van der Waals surface area contributed by atoms with Crippen molar-refractivity contribution >= 4 is 23.7 Å². The summed E-state index contributed by atoms with van der Waals surface area (Å²) >= 11 is 6.50. The van der Waals surface area contributed by atoms with Gasteiger partial charge in [-0.15, -0.1) is 11.6 Å². The van der Waals surface area contributed by atoms with Gasteiger partial charge in [-0.2, -0.15) is 0 Å². The number of hydrogen-bond donors (Lipinski definition) is 4. The average molecular weight is 488 g/mol. The van der Waals surface area contributed by atoms with Crippen LogP contribution in [-0.2, 0) is 14.3 Å². The number of piperidine rings is 1. The summed E-state index contributed by atoms with van der Waals surface area (Å²) in [6.07, 6.45) is 9.00. The van der Waals surface area contributed by atoms with Gasteiger partial charge in [0.25, 0.3) is 0 Å². The number of aliphatic imine (C=N–C) groups is 1. The van der Waals surface area contributed by atoms with Crippen molar-refractivity contribution in [2.45, 2.75) is 94.9 Å². The first-order valence-corrected chi connectivity index (χ1v) is 13.0. The molecule has 0 aliphatic carbocycles. The van der Waals surface area contributed by atoms with E-state index in [4.69, 9.17) is 37.5 Å². The fourth-order valence-electron chi connectivity index (χ4n) is 5.02. The SMILES string of the molecule is CCCCC[C@]1(C)CCC(Cl)/C=N\C(C(C(=O)NC2CNCCC2OCCOC)C(N)N)C1. The van der Waals surface area contributed by atoms with E-state index in [2.05, 4.69) is 24.5 Å². The monoisotopic (exact) mass is 487 g/mol. The molecule has 6 atom stereocenters. The fourth-order valence-corrected chi connectivity index (χ4v) is 5.19. The summed E-state index contributed by atoms with van der Waals surface area (Å²) in [6, 6.07) is -0.457. The number of nitrogens with zero attached hydrogens (tertiary/aromatic N) is 1. The van der Waals surface area contributed by atoms with Crippen molar-refractivity contribution in [1.82, 2.24) is 10.6 Å². The van der Waals surface area contributed by atoms with Crippen LogP contribution in [0.4, 0.5) is 0 Å². The summed E-state index contributed by atoms with van der Waals surface area (Å²) in [6.45, 7) is 7.01. The Labute approximate surface area is 204 Å². The van der Waals surface area contributed by atoms with Gasteiger partial charge in [-0.25, -0.2) is 0 Å². The van der Waals surface area contributed by atoms with Crippen molar-refractivity contribution in [3.63, 3.8) is 0 Å². The molecule has 6 N–H and O–H groups in total. The van der Waals surface area contributed by atoms with Crippen LogP contribution >= 0.6 is 11.6 Å². The molecule has 1 fully saturated rings. The highest BCUT2D eigenvalue weighted by atomic mass is 35.5. The fraction of sp³-hybridized carbons (Fsp3) is 0.917. The van der Waals surface area contributed by atoms with Gasteiger partial charge < -0.3 is 31.6 Å². The molecule has 1 amide bonds. The molecule has 0 bridgehead atoms. The highest BCUT2D eigenvalue weighted by Gasteiger charge is 2.40. The maximum atomic E-state index is 13.5. The molecule has 0 aromatic rings. The molecular formula is C24H46ClN5O3. The number of halogens is 1. The molecule has 8 nitrogen and oxygen atoms in total. The lowest BCUT2D eigenvalue weighted by Crippen LogP contribution is -2.60. The Morgan fingerprint density at radius 2 is 2.12 bits per heavy atom. The number of ether oxygens (including phenoxy) is 2. The topological polar surface area (TPSA) is 124 Å². The predicted octanol–water partition coefficient (Wildman–Crippen LogP) is 2.17. The minimum atomic E-state index is -0.815. The van der Waals surface area contributed by atoms with E-state index in [1.165, 1.54) is 12.8 Å². The lowest BCUT2D eigenvalue weighted by Gasteiger charge is -2.39. The number of nitrogens with two attached hydrogens (primary N) is 2. The van der Waals surface area contributed by atoms with Crippen LogP contribution in [0.5, 0.6) is 0 Å². The Bertz CT molecular complexity index is 609. The van der Waals surface area contributed by atoms with Gasteiger partial charge in [-0.1, -0.05) is 33.1 Å². The Hall–Kier alpha value is -0.770. The van der Waals surface area contributed by atoms with E-state index in [0.29, 0.717) is 19.8 Å². The molecule has 0 aromatic carbocycles. The van der Waals surface area contributed by atoms with Crippen LogP contribution in [0.25, 0.3) is 0 Å². The minimum absolute atomic E-state index is 0.0519. The maximum absolute atomic E-state index is 13.5. The van der Waals surface area contributed by atoms with Crippen LogP contribution in [-0.4, -0.2) is 75.3 Å². The van der Waals surface area contributed by atoms with E-state index in [1.54, 1.807) is 13.3 Å². The van der Waals surface area contributed by atoms with E-state index in [-0.39, 0.29) is 34.9 Å². The average Bonchev–Trinajstić information content (AvgIpc) is 2.76. The van der Waals surface area contributed by atoms with Crippen LogP contribution in [0.1, 0.15) is 65.2 Å². The molecule has 0 saturated carbocycles. The lowest BCUT2D eigenvalue weighted by molar-refractivity contribution is -0.129. The van der Waals surface area contributed by atoms with Crippen molar-refractivity contribution in [1.29, 1.82) is 0 Å². The van der Waals surface area contributed by atoms with Crippen LogP contribution in [0.2, 0.25) is 0 Å². The minimum Gasteiger partial charge on any atom is -0.382 e. The third-order valence-corrected chi connectivity index (χ3v) is 7.38. The van der Waals surface area contributed by atoms with Gasteiger partial charge in [0, 0.05) is 19.9 Å². The van der Waals surface area contributed by atoms with Crippen LogP contribution in [0.15, 0.2) is 4.99 Å². The first kappa shape index (κ1) is 28.5. The quantitative estimate of drug-likeness (QED) is 0.190. The van der Waals surface area contributed by atoms with Gasteiger partial charge in [0.15, 0.2) is 0 Å². The smallest absolute Gasteiger partial charge is 0.228 e. The Balaban J connectivity index is 2.14. The zero-order valence-electron chi connectivity index (χ0n) is 20.7. The summed E-state index contributed by atoms with van der Waals surface area (Å²) in [5.41, 5.74) is 12.4. The molecule has 0 radical (unpaired) electrons. The van der Waals surface area contributed by atoms with E-state index in [9.17, 15) is 4.79 Å². The largest absolute Gasteiger partial charge is 0.382 e. The first-order valence-electron chi connectivity index (χ1n) is 12.6. The van der Waals surface area contributed by atoms with Gasteiger partial charge in [-0.3, -0.25) is 9.79 Å². The summed E-state index contributed by atoms with van der Waals surface area (Å²) in [5.74, 6) is -0.793. The number of carbonyl (C=O) groups excluding carboxylic acids is 1. The summed E-state index contributed by atoms with van der Waals surface area (Å²) in [7, 11) is 1.65. The maximum Gasteiger partial charge on any atom is 0.228 e. The van der Waals surface area contributed by atoms with E-state index >= 15 is 0 Å². The Morgan fingerprint density at radius 3 is 2.82 bits per heavy atom. The zero-order valence-corrected chi connectivity index (χ0v) is 21.5. The molecule has 2 heterocycles. The second kappa shape index (κ2) is 14.6. The number of unbranched alkanes of at least 4 members (excludes halogenated alkanes) is 2. The molecule has 33 heavy (non-hydrogen) atoms. The molecule has 2 rings (SSSR count). The third kappa shape index (κ3) is 9.42. The lowest BCUT2D eigenvalue weighted by atomic mass is 9.72. The van der Waals surface area contributed by atoms with Gasteiger partial charge in [0.1, 0.15) is 0 Å². The summed E-state index contributed by atoms with van der Waals surface area (Å²) in [4.78, 5) is 18.3. The van der Waals surface area contributed by atoms with Gasteiger partial charge in [0.05, 0.1) is 48.9 Å². The van der Waals surface area contributed by atoms with Crippen molar-refractivity contribution in [2.75, 3.05) is 33.4 Å². The predicted molar refractivity (Wildman–Crippen MR) is 135 cm³/mol. The number of alkyl halides is 1. The molecule has 0 spiro atoms. The molecule has 5 unspecified atom stereocenters. The Kier molecular flexibility index (Phi) is 12.6. The third-order valence-electron chi connectivity index (χ3n) is 7.05. The Morgan fingerprint density at radius 1 is 1.33 bits per heavy atom.